The van der Waals surface area contributed by atoms with Crippen LogP contribution in [0.5, 0.6) is 0 Å². The monoisotopic (exact) mass is 810 g/mol. The topological polar surface area (TPSA) is 167 Å². The number of esters is 1. The summed E-state index contributed by atoms with van der Waals surface area (Å²) in [5, 5.41) is 44.6. The Hall–Kier alpha value is -3.88. The minimum Gasteiger partial charge on any atom is -0.481 e. The lowest BCUT2D eigenvalue weighted by atomic mass is 9.33. The lowest BCUT2D eigenvalue weighted by molar-refractivity contribution is -0.235. The molecule has 5 aliphatic rings. The zero-order valence-corrected chi connectivity index (χ0v) is 37.1. The van der Waals surface area contributed by atoms with Crippen molar-refractivity contribution < 1.29 is 29.3 Å². The molecule has 1 aromatic heterocycles. The van der Waals surface area contributed by atoms with E-state index in [1.807, 2.05) is 23.7 Å². The summed E-state index contributed by atoms with van der Waals surface area (Å²) in [6.45, 7) is 20.6. The van der Waals surface area contributed by atoms with Gasteiger partial charge in [-0.1, -0.05) is 48.5 Å². The molecule has 5 aliphatic carbocycles. The molecule has 0 unspecified atom stereocenters. The number of nitrogens with one attached hydrogen (secondary N) is 1. The Morgan fingerprint density at radius 1 is 0.983 bits per heavy atom. The number of carbonyl (C=O) groups is 3. The average molecular weight is 810 g/mol. The van der Waals surface area contributed by atoms with Crippen molar-refractivity contribution >= 4 is 17.7 Å². The molecule has 4 saturated carbocycles. The van der Waals surface area contributed by atoms with Crippen molar-refractivity contribution in [3.8, 4) is 17.5 Å². The molecule has 9 atom stereocenters. The normalized spacial score (nSPS) is 34.3. The number of carboxylic acids is 1. The van der Waals surface area contributed by atoms with Gasteiger partial charge in [0.25, 0.3) is 0 Å². The van der Waals surface area contributed by atoms with Crippen LogP contribution in [0.4, 0.5) is 0 Å². The van der Waals surface area contributed by atoms with Crippen LogP contribution >= 0.6 is 0 Å². The smallest absolute Gasteiger partial charge is 0.309 e. The molecule has 0 saturated heterocycles. The summed E-state index contributed by atoms with van der Waals surface area (Å²) in [5.74, 6) is 0.716. The number of aliphatic hydroxyl groups is 1. The molecule has 0 aliphatic heterocycles. The predicted molar refractivity (Wildman–Crippen MR) is 224 cm³/mol. The van der Waals surface area contributed by atoms with Crippen LogP contribution in [0.25, 0.3) is 11.4 Å². The molecule has 0 amide bonds. The predicted octanol–water partition coefficient (Wildman–Crippen LogP) is 8.46. The number of ether oxygens (including phenoxy) is 1. The van der Waals surface area contributed by atoms with Gasteiger partial charge in [-0.25, -0.2) is 0 Å². The number of carboxylic acid groups (broad SMARTS) is 1. The van der Waals surface area contributed by atoms with Crippen LogP contribution in [0, 0.1) is 67.5 Å². The molecule has 59 heavy (non-hydrogen) atoms. The number of nitriles is 1. The van der Waals surface area contributed by atoms with Gasteiger partial charge < -0.3 is 24.8 Å². The maximum atomic E-state index is 14.4. The summed E-state index contributed by atoms with van der Waals surface area (Å²) in [5.41, 5.74) is 1.06. The van der Waals surface area contributed by atoms with Gasteiger partial charge in [-0.05, 0) is 148 Å². The van der Waals surface area contributed by atoms with Crippen molar-refractivity contribution in [3.63, 3.8) is 0 Å². The van der Waals surface area contributed by atoms with Crippen molar-refractivity contribution in [2.24, 2.45) is 56.2 Å². The van der Waals surface area contributed by atoms with Gasteiger partial charge in [0.1, 0.15) is 12.2 Å². The van der Waals surface area contributed by atoms with Crippen LogP contribution in [0.15, 0.2) is 35.4 Å². The van der Waals surface area contributed by atoms with Gasteiger partial charge in [-0.15, -0.1) is 10.2 Å². The van der Waals surface area contributed by atoms with Crippen LogP contribution in [0.1, 0.15) is 144 Å². The summed E-state index contributed by atoms with van der Waals surface area (Å²) in [7, 11) is 1.89. The van der Waals surface area contributed by atoms with Crippen LogP contribution in [0.2, 0.25) is 0 Å². The highest BCUT2D eigenvalue weighted by molar-refractivity contribution is 6.00. The molecule has 1 aromatic carbocycles. The van der Waals surface area contributed by atoms with Crippen LogP contribution in [-0.2, 0) is 25.7 Å². The zero-order valence-electron chi connectivity index (χ0n) is 37.1. The number of hydrogen-bond donors (Lipinski definition) is 3. The summed E-state index contributed by atoms with van der Waals surface area (Å²) in [6, 6.07) is 9.47. The first-order valence-electron chi connectivity index (χ1n) is 22.1. The first-order valence-corrected chi connectivity index (χ1v) is 22.1. The van der Waals surface area contributed by atoms with E-state index in [1.54, 1.807) is 26.0 Å². The van der Waals surface area contributed by atoms with E-state index < -0.39 is 28.9 Å². The summed E-state index contributed by atoms with van der Waals surface area (Å²) < 4.78 is 8.19. The number of benzene rings is 1. The minimum atomic E-state index is -1.19. The molecule has 2 aromatic rings. The summed E-state index contributed by atoms with van der Waals surface area (Å²) in [6.07, 6.45) is 6.06. The molecular weight excluding hydrogens is 743 g/mol. The highest BCUT2D eigenvalue weighted by atomic mass is 16.5. The maximum Gasteiger partial charge on any atom is 0.309 e. The van der Waals surface area contributed by atoms with Crippen molar-refractivity contribution in [2.75, 3.05) is 13.6 Å². The number of likely N-dealkylation sites (N-methyl/N-ethyl adjacent to an activating group) is 1. The highest BCUT2D eigenvalue weighted by Crippen LogP contribution is 2.77. The van der Waals surface area contributed by atoms with Crippen molar-refractivity contribution in [3.05, 3.63) is 46.8 Å². The van der Waals surface area contributed by atoms with E-state index in [4.69, 9.17) is 9.84 Å². The van der Waals surface area contributed by atoms with Gasteiger partial charge >= 0.3 is 11.9 Å². The largest absolute Gasteiger partial charge is 0.481 e. The van der Waals surface area contributed by atoms with E-state index in [1.165, 1.54) is 5.57 Å². The number of ketones is 1. The number of aromatic nitrogens is 3. The number of allylic oxidation sites excluding steroid dienone is 1. The molecular formula is C48H67N5O6. The second kappa shape index (κ2) is 14.9. The number of nitrogens with zero attached hydrogens (tertiary/aromatic N) is 4. The minimum absolute atomic E-state index is 0.00804. The number of rotatable bonds is 11. The Bertz CT molecular complexity index is 2080. The van der Waals surface area contributed by atoms with Gasteiger partial charge in [0, 0.05) is 35.9 Å². The molecule has 7 rings (SSSR count). The van der Waals surface area contributed by atoms with Crippen LogP contribution < -0.4 is 5.32 Å². The van der Waals surface area contributed by atoms with E-state index in [0.29, 0.717) is 48.6 Å². The number of fused-ring (bicyclic) bond motifs is 7. The molecule has 11 heteroatoms. The lowest BCUT2D eigenvalue weighted by Crippen LogP contribution is -2.66. The fourth-order valence-electron chi connectivity index (χ4n) is 13.9. The maximum absolute atomic E-state index is 14.4. The second-order valence-corrected chi connectivity index (χ2v) is 21.3. The van der Waals surface area contributed by atoms with Crippen LogP contribution in [-0.4, -0.2) is 62.4 Å². The summed E-state index contributed by atoms with van der Waals surface area (Å²) in [4.78, 5) is 39.4. The molecule has 1 heterocycles. The highest BCUT2D eigenvalue weighted by Gasteiger charge is 2.71. The molecule has 11 nitrogen and oxygen atoms in total. The Labute approximate surface area is 350 Å². The second-order valence-electron chi connectivity index (χ2n) is 21.3. The van der Waals surface area contributed by atoms with E-state index in [2.05, 4.69) is 65.0 Å². The first-order chi connectivity index (χ1) is 27.6. The van der Waals surface area contributed by atoms with Gasteiger partial charge in [-0.2, -0.15) is 5.26 Å². The van der Waals surface area contributed by atoms with Gasteiger partial charge in [-0.3, -0.25) is 14.4 Å². The van der Waals surface area contributed by atoms with E-state index in [-0.39, 0.29) is 58.2 Å². The Kier molecular flexibility index (Phi) is 10.9. The number of aliphatic hydroxyl groups excluding tert-OH is 1. The standard InChI is InChI=1S/C48H67N5O6/c1-28(2)37-32(54)25-48(39(56)41-52-51-40(53(41)24-23-50-10)30-13-11-29(27-49)12-14-30)22-21-46(8)31(38(37)48)15-16-34-45(7)19-18-35(59-36(55)26-43(3,4)42(57)58)44(5,6)33(45)17-20-47(34,46)9/h11-14,28,31,33-35,39,50,56H,15-26H2,1-10H3,(H,57,58)/t31-,33+,34-,35+,39+,45+,46-,47-,48-/m1/s1. The third-order valence-electron chi connectivity index (χ3n) is 17.3. The molecule has 0 bridgehead atoms. The van der Waals surface area contributed by atoms with Crippen molar-refractivity contribution in [1.29, 1.82) is 5.26 Å². The average Bonchev–Trinajstić information content (AvgIpc) is 3.73. The Morgan fingerprint density at radius 3 is 2.31 bits per heavy atom. The number of hydrogen-bond acceptors (Lipinski definition) is 9. The molecule has 320 valence electrons. The number of Topliss-reactive ketones (excluding diaryl/α,β-unsaturated/α-hetero) is 1. The van der Waals surface area contributed by atoms with E-state index in [9.17, 15) is 29.9 Å². The van der Waals surface area contributed by atoms with Gasteiger partial charge in [0.05, 0.1) is 23.5 Å². The fraction of sp³-hybridized carbons (Fsp3) is 0.708. The molecule has 0 radical (unpaired) electrons. The Balaban J connectivity index is 1.22. The third kappa shape index (κ3) is 6.52. The Morgan fingerprint density at radius 2 is 1.68 bits per heavy atom. The SMILES string of the molecule is CNCCn1c(-c2ccc(C#N)cc2)nnc1[C@H](O)[C@@]12CC[C@]3(C)[C@H](CC[C@@H]4[C@@]5(C)CC[C@H](OC(=O)CC(C)(C)C(=O)O)C(C)(C)[C@@H]5CC[C@]43C)C1=C(C(C)C)C(=O)C2. The quantitative estimate of drug-likeness (QED) is 0.187. The lowest BCUT2D eigenvalue weighted by Gasteiger charge is -2.72. The van der Waals surface area contributed by atoms with E-state index >= 15 is 0 Å². The molecule has 3 N–H and O–H groups in total. The fourth-order valence-corrected chi connectivity index (χ4v) is 13.9. The summed E-state index contributed by atoms with van der Waals surface area (Å²) >= 11 is 0. The molecule has 0 spiro atoms. The zero-order chi connectivity index (χ0) is 43.1. The van der Waals surface area contributed by atoms with Crippen molar-refractivity contribution in [1.82, 2.24) is 20.1 Å². The van der Waals surface area contributed by atoms with Gasteiger partial charge in [0.15, 0.2) is 17.4 Å². The van der Waals surface area contributed by atoms with E-state index in [0.717, 1.165) is 56.1 Å². The third-order valence-corrected chi connectivity index (χ3v) is 17.3. The molecule has 4 fully saturated rings. The number of aliphatic carboxylic acids is 1. The van der Waals surface area contributed by atoms with Gasteiger partial charge in [0.2, 0.25) is 0 Å². The number of carbonyl (C=O) groups excluding carboxylic acids is 2. The van der Waals surface area contributed by atoms with Crippen molar-refractivity contribution in [2.45, 2.75) is 145 Å². The first kappa shape index (κ1) is 43.2. The van der Waals surface area contributed by atoms with Crippen LogP contribution in [0.3, 0.4) is 0 Å².